The number of rotatable bonds is 4. The van der Waals surface area contributed by atoms with Crippen molar-refractivity contribution >= 4 is 22.7 Å². The van der Waals surface area contributed by atoms with Crippen LogP contribution in [0.2, 0.25) is 0 Å². The number of fused-ring (bicyclic) bond motifs is 1. The standard InChI is InChI=1S/C21H14F6N2O2/c22-20(23,24)12-7-13(21(25,26)27)9-15(8-12)29-17-16(18(30)19(17)31)28-14-5-4-10-2-1-3-11(10)6-14/h4-9,28-29H,1-3H2. The third kappa shape index (κ3) is 4.01. The van der Waals surface area contributed by atoms with Crippen molar-refractivity contribution in [3.63, 3.8) is 0 Å². The first-order chi connectivity index (χ1) is 14.4. The molecule has 1 aliphatic rings. The highest BCUT2D eigenvalue weighted by molar-refractivity contribution is 5.82. The minimum atomic E-state index is -5.03. The van der Waals surface area contributed by atoms with Crippen LogP contribution in [0, 0.1) is 0 Å². The Balaban J connectivity index is 1.67. The first-order valence-corrected chi connectivity index (χ1v) is 9.22. The molecule has 3 aromatic carbocycles. The third-order valence-corrected chi connectivity index (χ3v) is 5.14. The highest BCUT2D eigenvalue weighted by atomic mass is 19.4. The maximum absolute atomic E-state index is 13.0. The van der Waals surface area contributed by atoms with Gasteiger partial charge in [-0.2, -0.15) is 26.3 Å². The number of anilines is 4. The lowest BCUT2D eigenvalue weighted by Gasteiger charge is -2.18. The summed E-state index contributed by atoms with van der Waals surface area (Å²) in [5, 5.41) is 5.00. The number of halogens is 6. The van der Waals surface area contributed by atoms with Crippen molar-refractivity contribution in [1.29, 1.82) is 0 Å². The SMILES string of the molecule is O=c1c(Nc2cc(C(F)(F)F)cc(C(F)(F)F)c2)c(Nc2ccc3c(c2)CCC3)c1=O. The molecule has 0 aromatic heterocycles. The lowest BCUT2D eigenvalue weighted by molar-refractivity contribution is -0.143. The average molecular weight is 440 g/mol. The molecule has 0 fully saturated rings. The van der Waals surface area contributed by atoms with Crippen LogP contribution >= 0.6 is 0 Å². The van der Waals surface area contributed by atoms with E-state index in [1.807, 2.05) is 6.07 Å². The predicted molar refractivity (Wildman–Crippen MR) is 103 cm³/mol. The Kier molecular flexibility index (Phi) is 4.83. The fourth-order valence-corrected chi connectivity index (χ4v) is 3.60. The Hall–Kier alpha value is -3.30. The van der Waals surface area contributed by atoms with E-state index in [9.17, 15) is 35.9 Å². The molecule has 4 rings (SSSR count). The van der Waals surface area contributed by atoms with E-state index in [1.165, 1.54) is 0 Å². The Morgan fingerprint density at radius 2 is 1.16 bits per heavy atom. The Morgan fingerprint density at radius 1 is 0.645 bits per heavy atom. The quantitative estimate of drug-likeness (QED) is 0.427. The summed E-state index contributed by atoms with van der Waals surface area (Å²) in [7, 11) is 0. The maximum atomic E-state index is 13.0. The molecule has 2 N–H and O–H groups in total. The smallest absolute Gasteiger partial charge is 0.350 e. The first-order valence-electron chi connectivity index (χ1n) is 9.22. The van der Waals surface area contributed by atoms with Gasteiger partial charge in [-0.25, -0.2) is 0 Å². The second-order valence-electron chi connectivity index (χ2n) is 7.29. The van der Waals surface area contributed by atoms with Gasteiger partial charge < -0.3 is 10.6 Å². The number of alkyl halides is 6. The molecule has 1 aliphatic carbocycles. The number of hydrogen-bond donors (Lipinski definition) is 2. The molecule has 0 spiro atoms. The third-order valence-electron chi connectivity index (χ3n) is 5.14. The summed E-state index contributed by atoms with van der Waals surface area (Å²) in [6.07, 6.45) is -7.29. The van der Waals surface area contributed by atoms with Gasteiger partial charge in [0.25, 0.3) is 10.9 Å². The van der Waals surface area contributed by atoms with Crippen molar-refractivity contribution in [1.82, 2.24) is 0 Å². The molecule has 4 nitrogen and oxygen atoms in total. The van der Waals surface area contributed by atoms with Gasteiger partial charge in [0.2, 0.25) is 0 Å². The monoisotopic (exact) mass is 440 g/mol. The Morgan fingerprint density at radius 3 is 1.71 bits per heavy atom. The van der Waals surface area contributed by atoms with Crippen molar-refractivity contribution in [2.45, 2.75) is 31.6 Å². The fourth-order valence-electron chi connectivity index (χ4n) is 3.60. The summed E-state index contributed by atoms with van der Waals surface area (Å²) in [6, 6.07) is 6.24. The Bertz CT molecular complexity index is 1200. The van der Waals surface area contributed by atoms with E-state index >= 15 is 0 Å². The van der Waals surface area contributed by atoms with Gasteiger partial charge in [0, 0.05) is 11.4 Å². The molecule has 0 atom stereocenters. The van der Waals surface area contributed by atoms with Crippen LogP contribution in [0.1, 0.15) is 28.7 Å². The molecule has 0 saturated carbocycles. The van der Waals surface area contributed by atoms with Crippen molar-refractivity contribution in [2.24, 2.45) is 0 Å². The van der Waals surface area contributed by atoms with Crippen LogP contribution in [0.3, 0.4) is 0 Å². The van der Waals surface area contributed by atoms with Crippen LogP contribution in [0.4, 0.5) is 49.1 Å². The van der Waals surface area contributed by atoms with Gasteiger partial charge in [-0.1, -0.05) is 6.07 Å². The van der Waals surface area contributed by atoms with Crippen LogP contribution < -0.4 is 21.5 Å². The summed E-state index contributed by atoms with van der Waals surface area (Å²) in [6.45, 7) is 0. The zero-order valence-electron chi connectivity index (χ0n) is 15.7. The van der Waals surface area contributed by atoms with E-state index in [4.69, 9.17) is 0 Å². The lowest BCUT2D eigenvalue weighted by Crippen LogP contribution is -2.35. The van der Waals surface area contributed by atoms with Crippen LogP contribution in [0.15, 0.2) is 46.0 Å². The molecular weight excluding hydrogens is 426 g/mol. The van der Waals surface area contributed by atoms with Gasteiger partial charge in [0.05, 0.1) is 11.1 Å². The highest BCUT2D eigenvalue weighted by Gasteiger charge is 2.37. The Labute approximate surface area is 171 Å². The van der Waals surface area contributed by atoms with Gasteiger partial charge in [-0.15, -0.1) is 0 Å². The minimum Gasteiger partial charge on any atom is -0.350 e. The molecule has 10 heteroatoms. The van der Waals surface area contributed by atoms with Crippen molar-refractivity contribution in [3.05, 3.63) is 79.1 Å². The topological polar surface area (TPSA) is 58.2 Å². The largest absolute Gasteiger partial charge is 0.416 e. The average Bonchev–Trinajstić information content (AvgIpc) is 3.16. The maximum Gasteiger partial charge on any atom is 0.416 e. The zero-order valence-corrected chi connectivity index (χ0v) is 15.7. The van der Waals surface area contributed by atoms with Gasteiger partial charge in [-0.3, -0.25) is 9.59 Å². The number of hydrogen-bond acceptors (Lipinski definition) is 4. The zero-order chi connectivity index (χ0) is 22.6. The van der Waals surface area contributed by atoms with Crippen molar-refractivity contribution < 1.29 is 26.3 Å². The second kappa shape index (κ2) is 7.14. The molecular formula is C21H14F6N2O2. The number of aryl methyl sites for hydroxylation is 2. The van der Waals surface area contributed by atoms with E-state index in [0.717, 1.165) is 30.4 Å². The van der Waals surface area contributed by atoms with Crippen molar-refractivity contribution in [2.75, 3.05) is 10.6 Å². The normalized spacial score (nSPS) is 14.0. The molecule has 0 amide bonds. The molecule has 0 saturated heterocycles. The van der Waals surface area contributed by atoms with Crippen molar-refractivity contribution in [3.8, 4) is 0 Å². The van der Waals surface area contributed by atoms with Gasteiger partial charge in [0.15, 0.2) is 0 Å². The molecule has 162 valence electrons. The first kappa shape index (κ1) is 21.0. The molecule has 0 aliphatic heterocycles. The van der Waals surface area contributed by atoms with E-state index in [2.05, 4.69) is 10.6 Å². The van der Waals surface area contributed by atoms with Crippen LogP contribution in [0.5, 0.6) is 0 Å². The number of benzene rings is 2. The van der Waals surface area contributed by atoms with Crippen LogP contribution in [0.25, 0.3) is 0 Å². The minimum absolute atomic E-state index is 0.0169. The summed E-state index contributed by atoms with van der Waals surface area (Å²) >= 11 is 0. The summed E-state index contributed by atoms with van der Waals surface area (Å²) in [4.78, 5) is 23.9. The van der Waals surface area contributed by atoms with Gasteiger partial charge in [-0.05, 0) is 60.7 Å². The fraction of sp³-hybridized carbons (Fsp3) is 0.238. The van der Waals surface area contributed by atoms with E-state index in [-0.39, 0.29) is 11.8 Å². The van der Waals surface area contributed by atoms with E-state index in [0.29, 0.717) is 17.8 Å². The van der Waals surface area contributed by atoms with E-state index < -0.39 is 45.7 Å². The highest BCUT2D eigenvalue weighted by Crippen LogP contribution is 2.38. The van der Waals surface area contributed by atoms with Crippen LogP contribution in [-0.4, -0.2) is 0 Å². The summed E-state index contributed by atoms with van der Waals surface area (Å²) < 4.78 is 78.2. The van der Waals surface area contributed by atoms with E-state index in [1.54, 1.807) is 12.1 Å². The lowest BCUT2D eigenvalue weighted by atomic mass is 10.1. The molecule has 0 bridgehead atoms. The predicted octanol–water partition coefficient (Wildman–Crippen LogP) is 5.30. The molecule has 3 aromatic rings. The molecule has 0 heterocycles. The molecule has 31 heavy (non-hydrogen) atoms. The van der Waals surface area contributed by atoms with Gasteiger partial charge >= 0.3 is 12.4 Å². The second-order valence-corrected chi connectivity index (χ2v) is 7.29. The molecule has 0 radical (unpaired) electrons. The summed E-state index contributed by atoms with van der Waals surface area (Å²) in [5.74, 6) is 0. The van der Waals surface area contributed by atoms with Crippen LogP contribution in [-0.2, 0) is 25.2 Å². The van der Waals surface area contributed by atoms with Gasteiger partial charge in [0.1, 0.15) is 11.4 Å². The number of nitrogens with one attached hydrogen (secondary N) is 2. The summed E-state index contributed by atoms with van der Waals surface area (Å²) in [5.41, 5.74) is -3.48. The molecule has 0 unspecified atom stereocenters.